The van der Waals surface area contributed by atoms with E-state index < -0.39 is 0 Å². The maximum absolute atomic E-state index is 12.2. The highest BCUT2D eigenvalue weighted by Crippen LogP contribution is 2.68. The van der Waals surface area contributed by atoms with Crippen LogP contribution in [0.1, 0.15) is 105 Å². The summed E-state index contributed by atoms with van der Waals surface area (Å²) in [6.45, 7) is 12.1. The third kappa shape index (κ3) is 4.00. The molecule has 3 saturated carbocycles. The topological polar surface area (TPSA) is 43.1 Å². The molecule has 0 unspecified atom stereocenters. The predicted octanol–water partition coefficient (Wildman–Crippen LogP) is 8.24. The van der Waals surface area contributed by atoms with Gasteiger partial charge in [0.2, 0.25) is 5.70 Å². The van der Waals surface area contributed by atoms with Gasteiger partial charge in [-0.25, -0.2) is 0 Å². The van der Waals surface area contributed by atoms with E-state index in [-0.39, 0.29) is 15.7 Å². The number of rotatable bonds is 6. The van der Waals surface area contributed by atoms with Gasteiger partial charge in [-0.05, 0) is 91.3 Å². The highest BCUT2D eigenvalue weighted by Gasteiger charge is 2.61. The van der Waals surface area contributed by atoms with Gasteiger partial charge in [0, 0.05) is 17.4 Å². The molecule has 31 heavy (non-hydrogen) atoms. The molecule has 0 amide bonds. The number of hydrogen-bond donors (Lipinski definition) is 0. The number of allylic oxidation sites excluding steroid dienone is 2. The molecule has 8 atom stereocenters. The molecule has 0 aromatic carbocycles. The second-order valence-electron chi connectivity index (χ2n) is 12.6. The Kier molecular flexibility index (Phi) is 6.58. The van der Waals surface area contributed by atoms with E-state index in [9.17, 15) is 10.1 Å². The van der Waals surface area contributed by atoms with Gasteiger partial charge in [-0.3, -0.25) is 10.1 Å². The fourth-order valence-electron chi connectivity index (χ4n) is 8.94. The van der Waals surface area contributed by atoms with Gasteiger partial charge in [-0.1, -0.05) is 53.9 Å². The van der Waals surface area contributed by atoms with Crippen LogP contribution in [0.2, 0.25) is 0 Å². The molecule has 4 aliphatic carbocycles. The van der Waals surface area contributed by atoms with E-state index in [0.29, 0.717) is 35.3 Å². The summed E-state index contributed by atoms with van der Waals surface area (Å²) >= 11 is 6.51. The number of alkyl halides is 1. The maximum atomic E-state index is 12.2. The fourth-order valence-corrected chi connectivity index (χ4v) is 9.20. The van der Waals surface area contributed by atoms with Gasteiger partial charge in [-0.2, -0.15) is 0 Å². The van der Waals surface area contributed by atoms with Gasteiger partial charge in [0.25, 0.3) is 0 Å². The second kappa shape index (κ2) is 8.65. The molecule has 0 bridgehead atoms. The van der Waals surface area contributed by atoms with E-state index in [0.717, 1.165) is 42.6 Å². The Morgan fingerprint density at radius 3 is 2.45 bits per heavy atom. The first kappa shape index (κ1) is 23.6. The standard InChI is InChI=1S/C27H44ClNO2/c1-17(2)7-6-8-18(3)21-9-10-22-20-16-25(29(30)31)24-15-19(28)11-13-27(24,5)23(20)12-14-26(21,22)4/h17-23H,6-16H2,1-5H3/t18-,19+,20+,21-,22+,23+,26-,27-/m1/s1. The van der Waals surface area contributed by atoms with Crippen LogP contribution in [0, 0.1) is 56.5 Å². The van der Waals surface area contributed by atoms with E-state index in [1.807, 2.05) is 0 Å². The molecule has 0 spiro atoms. The summed E-state index contributed by atoms with van der Waals surface area (Å²) in [5.74, 6) is 4.13. The number of nitro groups is 1. The Morgan fingerprint density at radius 1 is 1.03 bits per heavy atom. The van der Waals surface area contributed by atoms with Crippen molar-refractivity contribution in [3.05, 3.63) is 21.4 Å². The molecule has 3 fully saturated rings. The van der Waals surface area contributed by atoms with Crippen molar-refractivity contribution < 1.29 is 4.92 Å². The summed E-state index contributed by atoms with van der Waals surface area (Å²) in [4.78, 5) is 12.1. The molecule has 0 aromatic rings. The lowest BCUT2D eigenvalue weighted by Gasteiger charge is -2.58. The van der Waals surface area contributed by atoms with Crippen molar-refractivity contribution in [3.8, 4) is 0 Å². The van der Waals surface area contributed by atoms with Crippen LogP contribution in [0.5, 0.6) is 0 Å². The van der Waals surface area contributed by atoms with Crippen LogP contribution in [0.3, 0.4) is 0 Å². The number of fused-ring (bicyclic) bond motifs is 5. The van der Waals surface area contributed by atoms with Gasteiger partial charge in [-0.15, -0.1) is 11.6 Å². The second-order valence-corrected chi connectivity index (χ2v) is 13.2. The minimum absolute atomic E-state index is 0.000985. The van der Waals surface area contributed by atoms with Crippen molar-refractivity contribution in [2.24, 2.45) is 46.3 Å². The summed E-state index contributed by atoms with van der Waals surface area (Å²) < 4.78 is 0. The zero-order valence-electron chi connectivity index (χ0n) is 20.5. The maximum Gasteiger partial charge on any atom is 0.246 e. The van der Waals surface area contributed by atoms with E-state index in [1.165, 1.54) is 44.9 Å². The summed E-state index contributed by atoms with van der Waals surface area (Å²) in [5, 5.41) is 12.2. The molecule has 176 valence electrons. The summed E-state index contributed by atoms with van der Waals surface area (Å²) in [5.41, 5.74) is 2.04. The van der Waals surface area contributed by atoms with Crippen molar-refractivity contribution in [2.75, 3.05) is 0 Å². The lowest BCUT2D eigenvalue weighted by Crippen LogP contribution is -2.52. The van der Waals surface area contributed by atoms with E-state index >= 15 is 0 Å². The normalized spacial score (nSPS) is 43.4. The lowest BCUT2D eigenvalue weighted by molar-refractivity contribution is -0.434. The first-order chi connectivity index (χ1) is 14.6. The predicted molar refractivity (Wildman–Crippen MR) is 129 cm³/mol. The monoisotopic (exact) mass is 449 g/mol. The van der Waals surface area contributed by atoms with Gasteiger partial charge >= 0.3 is 0 Å². The van der Waals surface area contributed by atoms with Crippen LogP contribution >= 0.6 is 11.6 Å². The average Bonchev–Trinajstić information content (AvgIpc) is 3.05. The summed E-state index contributed by atoms with van der Waals surface area (Å²) in [6, 6.07) is 0. The number of hydrogen-bond acceptors (Lipinski definition) is 2. The smallest absolute Gasteiger partial charge is 0.246 e. The molecule has 0 heterocycles. The van der Waals surface area contributed by atoms with E-state index in [1.54, 1.807) is 0 Å². The molecule has 4 rings (SSSR count). The SMILES string of the molecule is CC(C)CCC[C@@H](C)[C@H]1CC[C@H]2[C@@H]3CC([N+](=O)[O-])=C4C[C@@H](Cl)CC[C@]4(C)[C@H]3CC[C@]12C. The van der Waals surface area contributed by atoms with Crippen LogP contribution in [0.25, 0.3) is 0 Å². The Bertz CT molecular complexity index is 733. The third-order valence-corrected chi connectivity index (χ3v) is 10.9. The Labute approximate surface area is 194 Å². The van der Waals surface area contributed by atoms with Gasteiger partial charge in [0.1, 0.15) is 0 Å². The Morgan fingerprint density at radius 2 is 1.77 bits per heavy atom. The minimum Gasteiger partial charge on any atom is -0.259 e. The number of halogens is 1. The highest BCUT2D eigenvalue weighted by molar-refractivity contribution is 6.20. The molecule has 4 aliphatic rings. The fraction of sp³-hybridized carbons (Fsp3) is 0.926. The van der Waals surface area contributed by atoms with Crippen molar-refractivity contribution in [2.45, 2.75) is 111 Å². The Hall–Kier alpha value is -0.570. The zero-order valence-corrected chi connectivity index (χ0v) is 21.2. The van der Waals surface area contributed by atoms with Crippen molar-refractivity contribution in [3.63, 3.8) is 0 Å². The molecular formula is C27H44ClNO2. The molecule has 0 radical (unpaired) electrons. The number of nitrogens with zero attached hydrogens (tertiary/aromatic N) is 1. The van der Waals surface area contributed by atoms with Crippen molar-refractivity contribution >= 4 is 11.6 Å². The van der Waals surface area contributed by atoms with Crippen LogP contribution < -0.4 is 0 Å². The van der Waals surface area contributed by atoms with E-state index in [2.05, 4.69) is 34.6 Å². The average molecular weight is 450 g/mol. The molecule has 0 saturated heterocycles. The van der Waals surface area contributed by atoms with Gasteiger partial charge in [0.15, 0.2) is 0 Å². The van der Waals surface area contributed by atoms with Crippen molar-refractivity contribution in [1.82, 2.24) is 0 Å². The van der Waals surface area contributed by atoms with E-state index in [4.69, 9.17) is 11.6 Å². The third-order valence-electron chi connectivity index (χ3n) is 10.5. The zero-order chi connectivity index (χ0) is 22.6. The molecule has 0 N–H and O–H groups in total. The molecule has 3 nitrogen and oxygen atoms in total. The van der Waals surface area contributed by atoms with Gasteiger partial charge in [0.05, 0.1) is 4.92 Å². The first-order valence-electron chi connectivity index (χ1n) is 13.1. The Balaban J connectivity index is 1.59. The van der Waals surface area contributed by atoms with Crippen molar-refractivity contribution in [1.29, 1.82) is 0 Å². The molecular weight excluding hydrogens is 406 g/mol. The first-order valence-corrected chi connectivity index (χ1v) is 13.5. The van der Waals surface area contributed by atoms with Crippen LogP contribution in [-0.4, -0.2) is 10.3 Å². The summed E-state index contributed by atoms with van der Waals surface area (Å²) in [6.07, 6.45) is 12.7. The van der Waals surface area contributed by atoms with Crippen LogP contribution in [0.4, 0.5) is 0 Å². The quantitative estimate of drug-likeness (QED) is 0.232. The minimum atomic E-state index is -0.0361. The van der Waals surface area contributed by atoms with Gasteiger partial charge < -0.3 is 0 Å². The highest BCUT2D eigenvalue weighted by atomic mass is 35.5. The molecule has 0 aromatic heterocycles. The largest absolute Gasteiger partial charge is 0.259 e. The lowest BCUT2D eigenvalue weighted by atomic mass is 9.46. The molecule has 4 heteroatoms. The summed E-state index contributed by atoms with van der Waals surface area (Å²) in [7, 11) is 0. The van der Waals surface area contributed by atoms with Crippen LogP contribution in [0.15, 0.2) is 11.3 Å². The molecule has 0 aliphatic heterocycles. The van der Waals surface area contributed by atoms with Crippen LogP contribution in [-0.2, 0) is 0 Å².